The summed E-state index contributed by atoms with van der Waals surface area (Å²) in [6.45, 7) is 11.0. The van der Waals surface area contributed by atoms with E-state index < -0.39 is 62.1 Å². The Balaban J connectivity index is 0. The Kier molecular flexibility index (Phi) is 19.8. The van der Waals surface area contributed by atoms with Gasteiger partial charge in [0.2, 0.25) is 0 Å². The zero-order valence-electron chi connectivity index (χ0n) is 27.1. The standard InChI is InChI=1S/2C10H16N.2C2F6NO4S2/c2*1-3-4-7-11-8-5-6-10(2)9-11;2*3-1(4,5)14(10,11)9-15(12,13)2(6,7)8/h2*5-6,8-9H,3-4,7H2,1-2H3;;/q2*+1;2*-1. The molecule has 0 saturated heterocycles. The molecule has 0 N–H and O–H groups in total. The summed E-state index contributed by atoms with van der Waals surface area (Å²) in [6, 6.07) is 8.46. The molecule has 304 valence electrons. The van der Waals surface area contributed by atoms with Crippen molar-refractivity contribution in [2.75, 3.05) is 0 Å². The van der Waals surface area contributed by atoms with Crippen molar-refractivity contribution in [1.82, 2.24) is 0 Å². The third kappa shape index (κ3) is 18.8. The van der Waals surface area contributed by atoms with Crippen molar-refractivity contribution in [2.24, 2.45) is 0 Å². The van der Waals surface area contributed by atoms with Gasteiger partial charge < -0.3 is 8.25 Å². The van der Waals surface area contributed by atoms with Crippen LogP contribution in [0.15, 0.2) is 49.1 Å². The largest absolute Gasteiger partial charge is 0.480 e. The maximum atomic E-state index is 11.4. The summed E-state index contributed by atoms with van der Waals surface area (Å²) < 4.78 is 223. The quantitative estimate of drug-likeness (QED) is 0.198. The van der Waals surface area contributed by atoms with Gasteiger partial charge in [0.25, 0.3) is 0 Å². The molecule has 2 rings (SSSR count). The lowest BCUT2D eigenvalue weighted by atomic mass is 10.3. The number of pyridine rings is 2. The number of rotatable bonds is 10. The number of aromatic nitrogens is 2. The van der Waals surface area contributed by atoms with E-state index in [1.807, 2.05) is 0 Å². The Labute approximate surface area is 292 Å². The number of hydrogen-bond donors (Lipinski definition) is 0. The minimum atomic E-state index is -6.72. The van der Waals surface area contributed by atoms with Crippen LogP contribution in [0.1, 0.15) is 50.7 Å². The smallest absolute Gasteiger partial charge is 0.421 e. The zero-order chi connectivity index (χ0) is 41.6. The molecule has 0 radical (unpaired) electrons. The van der Waals surface area contributed by atoms with E-state index in [4.69, 9.17) is 0 Å². The molecule has 0 aliphatic heterocycles. The van der Waals surface area contributed by atoms with Crippen molar-refractivity contribution >= 4 is 40.1 Å². The van der Waals surface area contributed by atoms with Crippen LogP contribution < -0.4 is 9.13 Å². The van der Waals surface area contributed by atoms with Crippen LogP contribution in [0.5, 0.6) is 0 Å². The van der Waals surface area contributed by atoms with E-state index in [1.165, 1.54) is 36.8 Å². The normalized spacial score (nSPS) is 13.1. The number of aryl methyl sites for hydroxylation is 4. The van der Waals surface area contributed by atoms with Gasteiger partial charge in [-0.1, -0.05) is 26.7 Å². The molecule has 28 heteroatoms. The molecular formula is C24H32F12N4O8S4. The molecule has 0 unspecified atom stereocenters. The number of nitrogens with zero attached hydrogens (tertiary/aromatic N) is 4. The Bertz CT molecular complexity index is 1630. The molecule has 0 spiro atoms. The highest BCUT2D eigenvalue weighted by atomic mass is 32.3. The average molecular weight is 861 g/mol. The van der Waals surface area contributed by atoms with E-state index in [0.29, 0.717) is 0 Å². The summed E-state index contributed by atoms with van der Waals surface area (Å²) in [6.07, 6.45) is 13.7. The Hall–Kier alpha value is -2.82. The fraction of sp³-hybridized carbons (Fsp3) is 0.583. The second-order valence-electron chi connectivity index (χ2n) is 9.78. The van der Waals surface area contributed by atoms with Crippen LogP contribution in [-0.4, -0.2) is 55.7 Å². The first kappa shape index (κ1) is 51.3. The first-order chi connectivity index (χ1) is 23.1. The molecule has 2 heterocycles. The highest BCUT2D eigenvalue weighted by Crippen LogP contribution is 2.37. The Morgan fingerprint density at radius 1 is 0.500 bits per heavy atom. The molecule has 0 aliphatic rings. The average Bonchev–Trinajstić information content (AvgIpc) is 2.93. The molecule has 0 atom stereocenters. The predicted octanol–water partition coefficient (Wildman–Crippen LogP) is 6.28. The first-order valence-electron chi connectivity index (χ1n) is 13.7. The van der Waals surface area contributed by atoms with Crippen LogP contribution >= 0.6 is 0 Å². The minimum Gasteiger partial charge on any atom is -0.421 e. The molecule has 0 bridgehead atoms. The molecule has 12 nitrogen and oxygen atoms in total. The Morgan fingerprint density at radius 2 is 0.731 bits per heavy atom. The van der Waals surface area contributed by atoms with Gasteiger partial charge in [0.05, 0.1) is 0 Å². The lowest BCUT2D eigenvalue weighted by Crippen LogP contribution is -2.32. The van der Waals surface area contributed by atoms with Gasteiger partial charge in [0.15, 0.2) is 64.9 Å². The molecule has 52 heavy (non-hydrogen) atoms. The first-order valence-corrected chi connectivity index (χ1v) is 19.5. The van der Waals surface area contributed by atoms with E-state index >= 15 is 0 Å². The number of hydrogen-bond acceptors (Lipinski definition) is 8. The van der Waals surface area contributed by atoms with Crippen LogP contribution in [0.25, 0.3) is 8.25 Å². The SMILES string of the molecule is CCCC[n+]1cccc(C)c1.CCCC[n+]1cccc(C)c1.O=S(=O)([N-]S(=O)(=O)C(F)(F)F)C(F)(F)F.O=S(=O)([N-]S(=O)(=O)C(F)(F)F)C(F)(F)F. The van der Waals surface area contributed by atoms with Gasteiger partial charge in [-0.05, 0) is 26.0 Å². The molecule has 0 amide bonds. The number of alkyl halides is 12. The van der Waals surface area contributed by atoms with Crippen LogP contribution in [0.3, 0.4) is 0 Å². The Morgan fingerprint density at radius 3 is 0.904 bits per heavy atom. The van der Waals surface area contributed by atoms with Crippen molar-refractivity contribution < 1.29 is 95.5 Å². The maximum Gasteiger partial charge on any atom is 0.480 e. The fourth-order valence-corrected chi connectivity index (χ4v) is 6.11. The lowest BCUT2D eigenvalue weighted by Gasteiger charge is -2.22. The summed E-state index contributed by atoms with van der Waals surface area (Å²) in [5, 5.41) is 0. The van der Waals surface area contributed by atoms with E-state index in [9.17, 15) is 86.4 Å². The van der Waals surface area contributed by atoms with E-state index in [1.54, 1.807) is 0 Å². The van der Waals surface area contributed by atoms with Crippen molar-refractivity contribution in [3.05, 3.63) is 68.4 Å². The van der Waals surface area contributed by atoms with Crippen molar-refractivity contribution in [1.29, 1.82) is 0 Å². The zero-order valence-corrected chi connectivity index (χ0v) is 30.4. The summed E-state index contributed by atoms with van der Waals surface area (Å²) >= 11 is 0. The second kappa shape index (κ2) is 20.0. The molecular weight excluding hydrogens is 829 g/mol. The van der Waals surface area contributed by atoms with Crippen molar-refractivity contribution in [3.63, 3.8) is 0 Å². The van der Waals surface area contributed by atoms with Crippen LogP contribution in [-0.2, 0) is 53.2 Å². The molecule has 0 saturated carbocycles. The number of sulfonamides is 4. The van der Waals surface area contributed by atoms with Crippen LogP contribution in [0.4, 0.5) is 52.7 Å². The summed E-state index contributed by atoms with van der Waals surface area (Å²) in [5.74, 6) is 0. The van der Waals surface area contributed by atoms with Crippen molar-refractivity contribution in [2.45, 2.75) is 88.5 Å². The number of unbranched alkanes of at least 4 members (excludes halogenated alkanes) is 2. The van der Waals surface area contributed by atoms with Crippen molar-refractivity contribution in [3.8, 4) is 0 Å². The lowest BCUT2D eigenvalue weighted by molar-refractivity contribution is -0.697. The van der Waals surface area contributed by atoms with E-state index in [0.717, 1.165) is 21.3 Å². The van der Waals surface area contributed by atoms with Gasteiger partial charge in [0.1, 0.15) is 13.1 Å². The second-order valence-corrected chi connectivity index (χ2v) is 16.6. The maximum absolute atomic E-state index is 11.4. The molecule has 0 aromatic carbocycles. The van der Waals surface area contributed by atoms with Crippen LogP contribution in [0, 0.1) is 13.8 Å². The van der Waals surface area contributed by atoms with E-state index in [-0.39, 0.29) is 0 Å². The highest BCUT2D eigenvalue weighted by molar-refractivity contribution is 8.13. The molecule has 0 fully saturated rings. The van der Waals surface area contributed by atoms with E-state index in [2.05, 4.69) is 85.9 Å². The predicted molar refractivity (Wildman–Crippen MR) is 159 cm³/mol. The molecule has 2 aromatic heterocycles. The van der Waals surface area contributed by atoms with Gasteiger partial charge >= 0.3 is 22.0 Å². The van der Waals surface area contributed by atoms with Gasteiger partial charge in [-0.2, -0.15) is 52.7 Å². The summed E-state index contributed by atoms with van der Waals surface area (Å²) in [5.41, 5.74) is -22.1. The van der Waals surface area contributed by atoms with Gasteiger partial charge in [-0.15, -0.1) is 0 Å². The molecule has 0 aliphatic carbocycles. The third-order valence-corrected chi connectivity index (χ3v) is 10.6. The van der Waals surface area contributed by atoms with Crippen LogP contribution in [0.2, 0.25) is 0 Å². The van der Waals surface area contributed by atoms with Gasteiger partial charge in [-0.3, -0.25) is 0 Å². The summed E-state index contributed by atoms with van der Waals surface area (Å²) in [4.78, 5) is 0. The van der Waals surface area contributed by atoms with Gasteiger partial charge in [-0.25, -0.2) is 42.8 Å². The fourth-order valence-electron chi connectivity index (χ4n) is 2.69. The highest BCUT2D eigenvalue weighted by Gasteiger charge is 2.48. The minimum absolute atomic E-state index is 0.778. The summed E-state index contributed by atoms with van der Waals surface area (Å²) in [7, 11) is -26.9. The van der Waals surface area contributed by atoms with Gasteiger partial charge in [0, 0.05) is 36.1 Å². The monoisotopic (exact) mass is 860 g/mol. The third-order valence-electron chi connectivity index (χ3n) is 5.11. The number of halogens is 12. The molecule has 2 aromatic rings. The topological polar surface area (TPSA) is 173 Å².